The maximum atomic E-state index is 13.0. The van der Waals surface area contributed by atoms with E-state index in [0.29, 0.717) is 22.1 Å². The van der Waals surface area contributed by atoms with E-state index in [1.807, 2.05) is 42.5 Å². The molecule has 2 amide bonds. The van der Waals surface area contributed by atoms with Crippen molar-refractivity contribution in [2.45, 2.75) is 25.5 Å². The minimum atomic E-state index is -0.920. The molecule has 2 atom stereocenters. The molecule has 3 rings (SSSR count). The normalized spacial score (nSPS) is 12.6. The lowest BCUT2D eigenvalue weighted by Crippen LogP contribution is -2.50. The van der Waals surface area contributed by atoms with Gasteiger partial charge in [0, 0.05) is 17.0 Å². The molecule has 0 saturated carbocycles. The van der Waals surface area contributed by atoms with Gasteiger partial charge in [-0.25, -0.2) is 5.43 Å². The van der Waals surface area contributed by atoms with Gasteiger partial charge >= 0.3 is 0 Å². The van der Waals surface area contributed by atoms with E-state index in [4.69, 9.17) is 32.7 Å². The molecular formula is C26H25Cl2N3O4. The molecule has 0 aliphatic carbocycles. The fourth-order valence-electron chi connectivity index (χ4n) is 3.18. The molecule has 7 nitrogen and oxygen atoms in total. The summed E-state index contributed by atoms with van der Waals surface area (Å²) in [6.07, 6.45) is 0.820. The monoisotopic (exact) mass is 513 g/mol. The third kappa shape index (κ3) is 7.73. The summed E-state index contributed by atoms with van der Waals surface area (Å²) in [6, 6.07) is 20.4. The van der Waals surface area contributed by atoms with Gasteiger partial charge in [0.1, 0.15) is 17.5 Å². The second kappa shape index (κ2) is 12.8. The summed E-state index contributed by atoms with van der Waals surface area (Å²) >= 11 is 12.1. The number of hydrazone groups is 1. The minimum Gasteiger partial charge on any atom is -0.496 e. The average Bonchev–Trinajstić information content (AvgIpc) is 2.86. The Balaban J connectivity index is 1.70. The number of hydrogen-bond acceptors (Lipinski definition) is 5. The maximum Gasteiger partial charge on any atom is 0.262 e. The van der Waals surface area contributed by atoms with Gasteiger partial charge in [0.15, 0.2) is 6.10 Å². The van der Waals surface area contributed by atoms with Gasteiger partial charge in [0.25, 0.3) is 11.8 Å². The van der Waals surface area contributed by atoms with E-state index in [9.17, 15) is 9.59 Å². The standard InChI is InChI=1S/C26H25Cl2N3O4/c1-17(35-24-13-12-20(27)15-21(24)28)25(32)30-22(14-18-8-4-3-5-9-18)26(33)31-29-16-19-10-6-7-11-23(19)34-2/h3-13,15-17,22H,14H2,1-2H3,(H,30,32)(H,31,33)/b29-16-/t17-,22-/m1/s1. The molecule has 0 saturated heterocycles. The average molecular weight is 514 g/mol. The topological polar surface area (TPSA) is 89.0 Å². The number of rotatable bonds is 10. The zero-order valence-electron chi connectivity index (χ0n) is 19.2. The smallest absolute Gasteiger partial charge is 0.262 e. The van der Waals surface area contributed by atoms with Gasteiger partial charge in [-0.3, -0.25) is 9.59 Å². The zero-order valence-corrected chi connectivity index (χ0v) is 20.7. The molecule has 0 aliphatic rings. The number of carbonyl (C=O) groups is 2. The number of hydrogen-bond donors (Lipinski definition) is 2. The van der Waals surface area contributed by atoms with Crippen molar-refractivity contribution in [3.05, 3.63) is 94.0 Å². The van der Waals surface area contributed by atoms with E-state index in [1.54, 1.807) is 38.3 Å². The van der Waals surface area contributed by atoms with E-state index in [2.05, 4.69) is 15.8 Å². The van der Waals surface area contributed by atoms with Crippen molar-refractivity contribution in [2.75, 3.05) is 7.11 Å². The number of nitrogens with zero attached hydrogens (tertiary/aromatic N) is 1. The van der Waals surface area contributed by atoms with Crippen LogP contribution in [0.1, 0.15) is 18.1 Å². The molecule has 2 N–H and O–H groups in total. The van der Waals surface area contributed by atoms with Crippen LogP contribution in [0.3, 0.4) is 0 Å². The highest BCUT2D eigenvalue weighted by Crippen LogP contribution is 2.28. The van der Waals surface area contributed by atoms with Crippen LogP contribution in [-0.2, 0) is 16.0 Å². The van der Waals surface area contributed by atoms with E-state index in [1.165, 1.54) is 12.3 Å². The van der Waals surface area contributed by atoms with Gasteiger partial charge in [-0.1, -0.05) is 65.7 Å². The van der Waals surface area contributed by atoms with Crippen LogP contribution in [0.25, 0.3) is 0 Å². The Bertz CT molecular complexity index is 1190. The fourth-order valence-corrected chi connectivity index (χ4v) is 3.63. The van der Waals surface area contributed by atoms with Crippen LogP contribution in [0.4, 0.5) is 0 Å². The van der Waals surface area contributed by atoms with Crippen molar-refractivity contribution in [1.29, 1.82) is 0 Å². The van der Waals surface area contributed by atoms with Crippen molar-refractivity contribution in [3.63, 3.8) is 0 Å². The Kier molecular flexibility index (Phi) is 9.52. The van der Waals surface area contributed by atoms with Crippen LogP contribution in [-0.4, -0.2) is 37.3 Å². The number of halogens is 2. The lowest BCUT2D eigenvalue weighted by Gasteiger charge is -2.21. The molecule has 9 heteroatoms. The number of ether oxygens (including phenoxy) is 2. The summed E-state index contributed by atoms with van der Waals surface area (Å²) in [5.41, 5.74) is 4.06. The Labute approximate surface area is 214 Å². The molecule has 3 aromatic carbocycles. The Hall–Kier alpha value is -3.55. The highest BCUT2D eigenvalue weighted by Gasteiger charge is 2.25. The molecular weight excluding hydrogens is 489 g/mol. The molecule has 182 valence electrons. The molecule has 3 aromatic rings. The molecule has 0 radical (unpaired) electrons. The summed E-state index contributed by atoms with van der Waals surface area (Å²) in [5.74, 6) is -0.0402. The highest BCUT2D eigenvalue weighted by molar-refractivity contribution is 6.35. The van der Waals surface area contributed by atoms with Gasteiger partial charge in [0.05, 0.1) is 18.3 Å². The molecule has 0 heterocycles. The Morgan fingerprint density at radius 3 is 2.40 bits per heavy atom. The predicted octanol–water partition coefficient (Wildman–Crippen LogP) is 4.65. The van der Waals surface area contributed by atoms with E-state index >= 15 is 0 Å². The molecule has 35 heavy (non-hydrogen) atoms. The van der Waals surface area contributed by atoms with Crippen LogP contribution < -0.4 is 20.2 Å². The molecule has 0 spiro atoms. The van der Waals surface area contributed by atoms with Crippen molar-refractivity contribution in [3.8, 4) is 11.5 Å². The van der Waals surface area contributed by atoms with Crippen molar-refractivity contribution < 1.29 is 19.1 Å². The van der Waals surface area contributed by atoms with Gasteiger partial charge < -0.3 is 14.8 Å². The number of amides is 2. The van der Waals surface area contributed by atoms with Crippen molar-refractivity contribution in [2.24, 2.45) is 5.10 Å². The van der Waals surface area contributed by atoms with Gasteiger partial charge in [-0.2, -0.15) is 5.10 Å². The lowest BCUT2D eigenvalue weighted by molar-refractivity contribution is -0.132. The van der Waals surface area contributed by atoms with Crippen molar-refractivity contribution in [1.82, 2.24) is 10.7 Å². The van der Waals surface area contributed by atoms with Crippen LogP contribution in [0.5, 0.6) is 11.5 Å². The van der Waals surface area contributed by atoms with Crippen molar-refractivity contribution >= 4 is 41.2 Å². The first-order valence-electron chi connectivity index (χ1n) is 10.8. The fraction of sp³-hybridized carbons (Fsp3) is 0.192. The number of para-hydroxylation sites is 1. The van der Waals surface area contributed by atoms with E-state index in [-0.39, 0.29) is 11.4 Å². The molecule has 0 bridgehead atoms. The summed E-state index contributed by atoms with van der Waals surface area (Å²) in [6.45, 7) is 1.57. The Morgan fingerprint density at radius 1 is 0.971 bits per heavy atom. The predicted molar refractivity (Wildman–Crippen MR) is 137 cm³/mol. The third-order valence-electron chi connectivity index (χ3n) is 5.00. The molecule has 0 aromatic heterocycles. The van der Waals surface area contributed by atoms with Crippen LogP contribution >= 0.6 is 23.2 Å². The van der Waals surface area contributed by atoms with Gasteiger partial charge in [-0.15, -0.1) is 0 Å². The van der Waals surface area contributed by atoms with Gasteiger partial charge in [-0.05, 0) is 42.8 Å². The third-order valence-corrected chi connectivity index (χ3v) is 5.53. The number of methoxy groups -OCH3 is 1. The second-order valence-electron chi connectivity index (χ2n) is 7.56. The summed E-state index contributed by atoms with van der Waals surface area (Å²) < 4.78 is 11.0. The van der Waals surface area contributed by atoms with Gasteiger partial charge in [0.2, 0.25) is 0 Å². The van der Waals surface area contributed by atoms with Crippen LogP contribution in [0.2, 0.25) is 10.0 Å². The minimum absolute atomic E-state index is 0.261. The van der Waals surface area contributed by atoms with Crippen LogP contribution in [0, 0.1) is 0 Å². The first-order chi connectivity index (χ1) is 16.9. The van der Waals surface area contributed by atoms with E-state index in [0.717, 1.165) is 5.56 Å². The molecule has 0 unspecified atom stereocenters. The largest absolute Gasteiger partial charge is 0.496 e. The summed E-state index contributed by atoms with van der Waals surface area (Å²) in [7, 11) is 1.55. The summed E-state index contributed by atoms with van der Waals surface area (Å²) in [5, 5.41) is 7.51. The first-order valence-corrected chi connectivity index (χ1v) is 11.5. The number of benzene rings is 3. The van der Waals surface area contributed by atoms with Crippen LogP contribution in [0.15, 0.2) is 77.9 Å². The second-order valence-corrected chi connectivity index (χ2v) is 8.41. The quantitative estimate of drug-likeness (QED) is 0.305. The zero-order chi connectivity index (χ0) is 25.2. The molecule has 0 fully saturated rings. The number of carbonyl (C=O) groups excluding carboxylic acids is 2. The Morgan fingerprint density at radius 2 is 1.69 bits per heavy atom. The first kappa shape index (κ1) is 26.1. The molecule has 0 aliphatic heterocycles. The SMILES string of the molecule is COc1ccccc1/C=N\NC(=O)[C@@H](Cc1ccccc1)NC(=O)[C@@H](C)Oc1ccc(Cl)cc1Cl. The number of nitrogens with one attached hydrogen (secondary N) is 2. The lowest BCUT2D eigenvalue weighted by atomic mass is 10.1. The maximum absolute atomic E-state index is 13.0. The highest BCUT2D eigenvalue weighted by atomic mass is 35.5. The summed E-state index contributed by atoms with van der Waals surface area (Å²) in [4.78, 5) is 25.8. The van der Waals surface area contributed by atoms with E-state index < -0.39 is 24.0 Å².